The predicted octanol–water partition coefficient (Wildman–Crippen LogP) is 6.49. The fraction of sp³-hybridized carbons (Fsp3) is 0. The van der Waals surface area contributed by atoms with Crippen molar-refractivity contribution in [3.63, 3.8) is 0 Å². The fourth-order valence-corrected chi connectivity index (χ4v) is 3.61. The number of hydrogen-bond acceptors (Lipinski definition) is 9. The summed E-state index contributed by atoms with van der Waals surface area (Å²) in [7, 11) is 0. The van der Waals surface area contributed by atoms with Gasteiger partial charge in [0.1, 0.15) is 6.29 Å². The van der Waals surface area contributed by atoms with E-state index in [4.69, 9.17) is 4.74 Å². The van der Waals surface area contributed by atoms with E-state index in [0.29, 0.717) is 41.0 Å². The van der Waals surface area contributed by atoms with E-state index in [1.165, 1.54) is 6.07 Å². The smallest absolute Gasteiger partial charge is 0.325 e. The normalized spacial score (nSPS) is 10.4. The van der Waals surface area contributed by atoms with Crippen LogP contribution in [0.15, 0.2) is 91.0 Å². The SMILES string of the molecule is O=Cc1ccc(N(c2ccccc2)c2ccccc2Oc2c([N+](=O)[O-])cc([N+](=O)[O-])cc2[N+](=O)[O-])cc1. The van der Waals surface area contributed by atoms with Crippen LogP contribution in [0.3, 0.4) is 0 Å². The summed E-state index contributed by atoms with van der Waals surface area (Å²) < 4.78 is 5.79. The van der Waals surface area contributed by atoms with Crippen molar-refractivity contribution in [1.82, 2.24) is 0 Å². The quantitative estimate of drug-likeness (QED) is 0.142. The van der Waals surface area contributed by atoms with Gasteiger partial charge in [-0.05, 0) is 48.5 Å². The minimum Gasteiger partial charge on any atom is -0.442 e. The van der Waals surface area contributed by atoms with Gasteiger partial charge in [0, 0.05) is 16.9 Å². The maximum absolute atomic E-state index is 11.7. The molecule has 12 nitrogen and oxygen atoms in total. The minimum absolute atomic E-state index is 0.00544. The van der Waals surface area contributed by atoms with Crippen molar-refractivity contribution < 1.29 is 24.3 Å². The van der Waals surface area contributed by atoms with Crippen LogP contribution in [-0.4, -0.2) is 21.1 Å². The third kappa shape index (κ3) is 5.07. The van der Waals surface area contributed by atoms with Crippen molar-refractivity contribution in [2.45, 2.75) is 0 Å². The Hall–Kier alpha value is -5.65. The highest BCUT2D eigenvalue weighted by Gasteiger charge is 2.33. The molecule has 0 saturated heterocycles. The summed E-state index contributed by atoms with van der Waals surface area (Å²) in [6.45, 7) is 0. The summed E-state index contributed by atoms with van der Waals surface area (Å²) in [4.78, 5) is 44.6. The van der Waals surface area contributed by atoms with Gasteiger partial charge in [-0.1, -0.05) is 30.3 Å². The second kappa shape index (κ2) is 10.3. The van der Waals surface area contributed by atoms with E-state index in [1.54, 1.807) is 71.6 Å². The van der Waals surface area contributed by atoms with Gasteiger partial charge in [-0.15, -0.1) is 0 Å². The zero-order valence-electron chi connectivity index (χ0n) is 18.8. The molecule has 0 heterocycles. The van der Waals surface area contributed by atoms with Crippen LogP contribution < -0.4 is 9.64 Å². The highest BCUT2D eigenvalue weighted by atomic mass is 16.6. The molecule has 0 aliphatic heterocycles. The molecule has 0 atom stereocenters. The first kappa shape index (κ1) is 24.5. The van der Waals surface area contributed by atoms with Crippen molar-refractivity contribution >= 4 is 40.4 Å². The van der Waals surface area contributed by atoms with Crippen molar-refractivity contribution in [2.24, 2.45) is 0 Å². The van der Waals surface area contributed by atoms with Crippen LogP contribution in [0, 0.1) is 30.3 Å². The largest absolute Gasteiger partial charge is 0.442 e. The maximum atomic E-state index is 11.7. The highest BCUT2D eigenvalue weighted by Crippen LogP contribution is 2.47. The Morgan fingerprint density at radius 2 is 1.22 bits per heavy atom. The molecule has 0 aromatic heterocycles. The molecular weight excluding hydrogens is 484 g/mol. The first-order valence-electron chi connectivity index (χ1n) is 10.6. The molecule has 0 fully saturated rings. The summed E-state index contributed by atoms with van der Waals surface area (Å²) >= 11 is 0. The number of hydrogen-bond donors (Lipinski definition) is 0. The second-order valence-electron chi connectivity index (χ2n) is 7.53. The minimum atomic E-state index is -0.981. The Bertz CT molecular complexity index is 1470. The van der Waals surface area contributed by atoms with Gasteiger partial charge in [-0.25, -0.2) is 0 Å². The summed E-state index contributed by atoms with van der Waals surface area (Å²) in [5.74, 6) is -0.747. The molecule has 0 bridgehead atoms. The van der Waals surface area contributed by atoms with Gasteiger partial charge in [-0.2, -0.15) is 0 Å². The van der Waals surface area contributed by atoms with Crippen molar-refractivity contribution in [3.8, 4) is 11.5 Å². The van der Waals surface area contributed by atoms with E-state index >= 15 is 0 Å². The number of nitrogens with zero attached hydrogens (tertiary/aromatic N) is 4. The zero-order valence-corrected chi connectivity index (χ0v) is 18.8. The number of aldehydes is 1. The summed E-state index contributed by atoms with van der Waals surface area (Å²) in [5.41, 5.74) is -0.631. The summed E-state index contributed by atoms with van der Waals surface area (Å²) in [5, 5.41) is 34.7. The molecule has 12 heteroatoms. The topological polar surface area (TPSA) is 159 Å². The lowest BCUT2D eigenvalue weighted by Crippen LogP contribution is -2.11. The van der Waals surface area contributed by atoms with Gasteiger partial charge >= 0.3 is 11.4 Å². The van der Waals surface area contributed by atoms with Crippen LogP contribution in [0.4, 0.5) is 34.1 Å². The number of carbonyl (C=O) groups is 1. The number of nitro benzene ring substituents is 3. The molecule has 0 aliphatic rings. The number of carbonyl (C=O) groups excluding carboxylic acids is 1. The third-order valence-corrected chi connectivity index (χ3v) is 5.26. The molecule has 4 aromatic rings. The van der Waals surface area contributed by atoms with Gasteiger partial charge in [0.05, 0.1) is 32.6 Å². The first-order valence-corrected chi connectivity index (χ1v) is 10.6. The molecule has 0 amide bonds. The van der Waals surface area contributed by atoms with E-state index in [1.807, 2.05) is 6.07 Å². The second-order valence-corrected chi connectivity index (χ2v) is 7.53. The van der Waals surface area contributed by atoms with E-state index in [2.05, 4.69) is 0 Å². The van der Waals surface area contributed by atoms with Gasteiger partial charge < -0.3 is 9.64 Å². The van der Waals surface area contributed by atoms with Crippen molar-refractivity contribution in [2.75, 3.05) is 4.90 Å². The molecular formula is C25H16N4O8. The molecule has 0 N–H and O–H groups in total. The monoisotopic (exact) mass is 500 g/mol. The summed E-state index contributed by atoms with van der Waals surface area (Å²) in [6.07, 6.45) is 0.695. The highest BCUT2D eigenvalue weighted by molar-refractivity contribution is 5.83. The van der Waals surface area contributed by atoms with Gasteiger partial charge in [-0.3, -0.25) is 35.1 Å². The Kier molecular flexibility index (Phi) is 6.82. The van der Waals surface area contributed by atoms with Gasteiger partial charge in [0.15, 0.2) is 5.75 Å². The Morgan fingerprint density at radius 1 is 0.676 bits per heavy atom. The molecule has 0 unspecified atom stereocenters. The van der Waals surface area contributed by atoms with E-state index < -0.39 is 37.6 Å². The average Bonchev–Trinajstić information content (AvgIpc) is 2.90. The number of para-hydroxylation sites is 3. The van der Waals surface area contributed by atoms with Crippen molar-refractivity contribution in [3.05, 3.63) is 127 Å². The molecule has 0 aliphatic carbocycles. The lowest BCUT2D eigenvalue weighted by atomic mass is 10.1. The third-order valence-electron chi connectivity index (χ3n) is 5.26. The molecule has 0 saturated carbocycles. The van der Waals surface area contributed by atoms with E-state index in [9.17, 15) is 35.1 Å². The zero-order chi connectivity index (χ0) is 26.5. The van der Waals surface area contributed by atoms with Gasteiger partial charge in [0.2, 0.25) is 0 Å². The Morgan fingerprint density at radius 3 is 1.76 bits per heavy atom. The molecule has 4 rings (SSSR count). The van der Waals surface area contributed by atoms with Crippen LogP contribution in [0.1, 0.15) is 10.4 Å². The lowest BCUT2D eigenvalue weighted by molar-refractivity contribution is -0.404. The van der Waals surface area contributed by atoms with E-state index in [0.717, 1.165) is 0 Å². The lowest BCUT2D eigenvalue weighted by Gasteiger charge is -2.27. The number of anilines is 3. The molecule has 4 aromatic carbocycles. The molecule has 0 radical (unpaired) electrons. The summed E-state index contributed by atoms with van der Waals surface area (Å²) in [6, 6.07) is 23.1. The van der Waals surface area contributed by atoms with Gasteiger partial charge in [0.25, 0.3) is 11.4 Å². The van der Waals surface area contributed by atoms with Crippen LogP contribution in [0.5, 0.6) is 11.5 Å². The van der Waals surface area contributed by atoms with E-state index in [-0.39, 0.29) is 5.75 Å². The average molecular weight is 500 g/mol. The standard InChI is InChI=1S/C25H16N4O8/c30-16-17-10-12-19(13-11-17)26(18-6-2-1-3-7-18)21-8-4-5-9-24(21)37-25-22(28(33)34)14-20(27(31)32)15-23(25)29(35)36/h1-16H. The number of ether oxygens (including phenoxy) is 1. The van der Waals surface area contributed by atoms with Crippen LogP contribution in [-0.2, 0) is 0 Å². The molecule has 0 spiro atoms. The fourth-order valence-electron chi connectivity index (χ4n) is 3.61. The molecule has 184 valence electrons. The Balaban J connectivity index is 1.91. The number of benzene rings is 4. The predicted molar refractivity (Wildman–Crippen MR) is 133 cm³/mol. The Labute approximate surface area is 208 Å². The molecule has 37 heavy (non-hydrogen) atoms. The maximum Gasteiger partial charge on any atom is 0.325 e. The van der Waals surface area contributed by atoms with Crippen molar-refractivity contribution in [1.29, 1.82) is 0 Å². The number of non-ortho nitro benzene ring substituents is 1. The number of rotatable bonds is 9. The number of nitro groups is 3. The van der Waals surface area contributed by atoms with Crippen LogP contribution >= 0.6 is 0 Å². The first-order chi connectivity index (χ1) is 17.8. The van der Waals surface area contributed by atoms with Crippen LogP contribution in [0.2, 0.25) is 0 Å². The van der Waals surface area contributed by atoms with Crippen LogP contribution in [0.25, 0.3) is 0 Å².